The standard InChI is InChI=1S/C20H28N4O3.HI/c1-21-20(23-12-10-16-7-4-5-9-18(16)26-3)24-15-17-8-6-11-22-19(17)27-14-13-25-2;/h4-9,11H,10,12-15H2,1-3H3,(H2,21,23,24);1H. The van der Waals surface area contributed by atoms with Crippen LogP contribution in [0.4, 0.5) is 0 Å². The number of hydrogen-bond donors (Lipinski definition) is 2. The summed E-state index contributed by atoms with van der Waals surface area (Å²) in [6.45, 7) is 2.29. The van der Waals surface area contributed by atoms with E-state index in [2.05, 4.69) is 26.7 Å². The first kappa shape index (κ1) is 24.0. The Labute approximate surface area is 183 Å². The number of rotatable bonds is 10. The average Bonchev–Trinajstić information content (AvgIpc) is 2.72. The quantitative estimate of drug-likeness (QED) is 0.226. The lowest BCUT2D eigenvalue weighted by molar-refractivity contribution is 0.143. The van der Waals surface area contributed by atoms with Crippen LogP contribution in [0, 0.1) is 0 Å². The molecule has 0 unspecified atom stereocenters. The van der Waals surface area contributed by atoms with E-state index in [1.54, 1.807) is 27.5 Å². The summed E-state index contributed by atoms with van der Waals surface area (Å²) in [5, 5.41) is 6.60. The predicted molar refractivity (Wildman–Crippen MR) is 122 cm³/mol. The first-order valence-corrected chi connectivity index (χ1v) is 8.90. The number of benzene rings is 1. The largest absolute Gasteiger partial charge is 0.496 e. The maximum atomic E-state index is 5.66. The summed E-state index contributed by atoms with van der Waals surface area (Å²) in [6, 6.07) is 11.9. The van der Waals surface area contributed by atoms with Crippen LogP contribution in [0.15, 0.2) is 47.6 Å². The lowest BCUT2D eigenvalue weighted by Gasteiger charge is -2.14. The van der Waals surface area contributed by atoms with Crippen LogP contribution in [0.3, 0.4) is 0 Å². The Kier molecular flexibility index (Phi) is 12.0. The van der Waals surface area contributed by atoms with Crippen LogP contribution in [0.5, 0.6) is 11.6 Å². The normalized spacial score (nSPS) is 10.8. The highest BCUT2D eigenvalue weighted by Gasteiger charge is 2.07. The molecule has 1 heterocycles. The van der Waals surface area contributed by atoms with Gasteiger partial charge in [0.05, 0.1) is 13.7 Å². The summed E-state index contributed by atoms with van der Waals surface area (Å²) in [6.07, 6.45) is 2.55. The molecule has 7 nitrogen and oxygen atoms in total. The molecule has 2 N–H and O–H groups in total. The first-order chi connectivity index (χ1) is 13.3. The van der Waals surface area contributed by atoms with Crippen molar-refractivity contribution in [3.8, 4) is 11.6 Å². The van der Waals surface area contributed by atoms with Gasteiger partial charge in [-0.25, -0.2) is 4.98 Å². The zero-order valence-electron chi connectivity index (χ0n) is 16.6. The molecule has 0 bridgehead atoms. The second kappa shape index (κ2) is 14.0. The number of hydrogen-bond acceptors (Lipinski definition) is 5. The Morgan fingerprint density at radius 2 is 1.82 bits per heavy atom. The van der Waals surface area contributed by atoms with Gasteiger partial charge in [-0.3, -0.25) is 4.99 Å². The number of methoxy groups -OCH3 is 2. The number of halogens is 1. The predicted octanol–water partition coefficient (Wildman–Crippen LogP) is 2.64. The third-order valence-electron chi connectivity index (χ3n) is 3.93. The molecule has 0 aliphatic carbocycles. The molecular weight excluding hydrogens is 471 g/mol. The van der Waals surface area contributed by atoms with E-state index < -0.39 is 0 Å². The molecule has 0 atom stereocenters. The van der Waals surface area contributed by atoms with E-state index in [9.17, 15) is 0 Å². The third-order valence-corrected chi connectivity index (χ3v) is 3.93. The van der Waals surface area contributed by atoms with Crippen LogP contribution in [0.1, 0.15) is 11.1 Å². The molecule has 2 aromatic rings. The molecule has 0 radical (unpaired) electrons. The topological polar surface area (TPSA) is 77.0 Å². The van der Waals surface area contributed by atoms with Crippen LogP contribution in [-0.4, -0.2) is 52.0 Å². The average molecular weight is 500 g/mol. The molecule has 0 fully saturated rings. The number of ether oxygens (including phenoxy) is 3. The van der Waals surface area contributed by atoms with Crippen molar-refractivity contribution in [3.63, 3.8) is 0 Å². The molecule has 0 spiro atoms. The number of nitrogens with zero attached hydrogens (tertiary/aromatic N) is 2. The van der Waals surface area contributed by atoms with Gasteiger partial charge in [0.1, 0.15) is 12.4 Å². The second-order valence-corrected chi connectivity index (χ2v) is 5.72. The summed E-state index contributed by atoms with van der Waals surface area (Å²) in [5.41, 5.74) is 2.12. The van der Waals surface area contributed by atoms with Crippen LogP contribution in [0.2, 0.25) is 0 Å². The van der Waals surface area contributed by atoms with Crippen LogP contribution in [-0.2, 0) is 17.7 Å². The molecule has 1 aromatic carbocycles. The van der Waals surface area contributed by atoms with E-state index in [1.807, 2.05) is 30.3 Å². The molecule has 154 valence electrons. The maximum Gasteiger partial charge on any atom is 0.218 e. The number of guanidine groups is 1. The Balaban J connectivity index is 0.00000392. The van der Waals surface area contributed by atoms with Crippen molar-refractivity contribution < 1.29 is 14.2 Å². The number of aromatic nitrogens is 1. The summed E-state index contributed by atoms with van der Waals surface area (Å²) >= 11 is 0. The highest BCUT2D eigenvalue weighted by Crippen LogP contribution is 2.17. The monoisotopic (exact) mass is 500 g/mol. The summed E-state index contributed by atoms with van der Waals surface area (Å²) < 4.78 is 16.1. The molecular formula is C20H29IN4O3. The Morgan fingerprint density at radius 1 is 1.04 bits per heavy atom. The van der Waals surface area contributed by atoms with Crippen LogP contribution in [0.25, 0.3) is 0 Å². The van der Waals surface area contributed by atoms with Gasteiger partial charge < -0.3 is 24.8 Å². The minimum Gasteiger partial charge on any atom is -0.496 e. The van der Waals surface area contributed by atoms with Gasteiger partial charge in [-0.15, -0.1) is 24.0 Å². The van der Waals surface area contributed by atoms with Gasteiger partial charge in [0.25, 0.3) is 0 Å². The van der Waals surface area contributed by atoms with E-state index >= 15 is 0 Å². The van der Waals surface area contributed by atoms with Crippen molar-refractivity contribution in [3.05, 3.63) is 53.7 Å². The minimum absolute atomic E-state index is 0. The van der Waals surface area contributed by atoms with Crippen LogP contribution < -0.4 is 20.1 Å². The van der Waals surface area contributed by atoms with E-state index in [4.69, 9.17) is 14.2 Å². The summed E-state index contributed by atoms with van der Waals surface area (Å²) in [7, 11) is 5.08. The third kappa shape index (κ3) is 7.89. The van der Waals surface area contributed by atoms with Crippen molar-refractivity contribution >= 4 is 29.9 Å². The van der Waals surface area contributed by atoms with Crippen molar-refractivity contribution in [1.29, 1.82) is 0 Å². The van der Waals surface area contributed by atoms with Gasteiger partial charge in [0.15, 0.2) is 5.96 Å². The van der Waals surface area contributed by atoms with Crippen molar-refractivity contribution in [2.75, 3.05) is 41.0 Å². The SMILES string of the molecule is CN=C(NCCc1ccccc1OC)NCc1cccnc1OCCOC.I. The van der Waals surface area contributed by atoms with Gasteiger partial charge in [0, 0.05) is 39.0 Å². The van der Waals surface area contributed by atoms with Crippen molar-refractivity contribution in [2.24, 2.45) is 4.99 Å². The minimum atomic E-state index is 0. The van der Waals surface area contributed by atoms with Crippen molar-refractivity contribution in [2.45, 2.75) is 13.0 Å². The fourth-order valence-electron chi connectivity index (χ4n) is 2.53. The highest BCUT2D eigenvalue weighted by molar-refractivity contribution is 14.0. The highest BCUT2D eigenvalue weighted by atomic mass is 127. The van der Waals surface area contributed by atoms with Gasteiger partial charge in [-0.1, -0.05) is 24.3 Å². The van der Waals surface area contributed by atoms with Gasteiger partial charge in [-0.05, 0) is 24.1 Å². The Morgan fingerprint density at radius 3 is 2.57 bits per heavy atom. The Bertz CT molecular complexity index is 728. The Hall–Kier alpha value is -2.07. The molecule has 0 aliphatic rings. The van der Waals surface area contributed by atoms with Crippen LogP contribution >= 0.6 is 24.0 Å². The molecule has 0 amide bonds. The van der Waals surface area contributed by atoms with E-state index in [0.29, 0.717) is 25.6 Å². The van der Waals surface area contributed by atoms with E-state index in [0.717, 1.165) is 35.8 Å². The first-order valence-electron chi connectivity index (χ1n) is 8.90. The number of pyridine rings is 1. The van der Waals surface area contributed by atoms with E-state index in [-0.39, 0.29) is 24.0 Å². The molecule has 2 rings (SSSR count). The van der Waals surface area contributed by atoms with Crippen molar-refractivity contribution in [1.82, 2.24) is 15.6 Å². The summed E-state index contributed by atoms with van der Waals surface area (Å²) in [4.78, 5) is 8.55. The fourth-order valence-corrected chi connectivity index (χ4v) is 2.53. The number of aliphatic imine (C=N–C) groups is 1. The number of nitrogens with one attached hydrogen (secondary N) is 2. The maximum absolute atomic E-state index is 5.66. The lowest BCUT2D eigenvalue weighted by atomic mass is 10.1. The van der Waals surface area contributed by atoms with Gasteiger partial charge in [0.2, 0.25) is 5.88 Å². The molecule has 8 heteroatoms. The zero-order chi connectivity index (χ0) is 19.3. The second-order valence-electron chi connectivity index (χ2n) is 5.72. The van der Waals surface area contributed by atoms with Gasteiger partial charge >= 0.3 is 0 Å². The number of para-hydroxylation sites is 1. The van der Waals surface area contributed by atoms with Gasteiger partial charge in [-0.2, -0.15) is 0 Å². The smallest absolute Gasteiger partial charge is 0.218 e. The lowest BCUT2D eigenvalue weighted by Crippen LogP contribution is -2.38. The fraction of sp³-hybridized carbons (Fsp3) is 0.400. The summed E-state index contributed by atoms with van der Waals surface area (Å²) in [5.74, 6) is 2.22. The van der Waals surface area contributed by atoms with E-state index in [1.165, 1.54) is 0 Å². The zero-order valence-corrected chi connectivity index (χ0v) is 18.9. The molecule has 0 saturated carbocycles. The molecule has 0 saturated heterocycles. The molecule has 1 aromatic heterocycles. The molecule has 28 heavy (non-hydrogen) atoms. The molecule has 0 aliphatic heterocycles.